The van der Waals surface area contributed by atoms with E-state index in [9.17, 15) is 4.79 Å². The number of fused-ring (bicyclic) bond motifs is 1. The summed E-state index contributed by atoms with van der Waals surface area (Å²) in [6.07, 6.45) is 0. The molecule has 1 N–H and O–H groups in total. The van der Waals surface area contributed by atoms with Gasteiger partial charge in [0.15, 0.2) is 0 Å². The molecule has 2 aromatic carbocycles. The zero-order chi connectivity index (χ0) is 13.8. The minimum absolute atomic E-state index is 0.00181. The maximum Gasteiger partial charge on any atom is 0.251 e. The molecule has 0 fully saturated rings. The van der Waals surface area contributed by atoms with Crippen LogP contribution in [0, 0.1) is 6.92 Å². The number of nitrogens with zero attached hydrogens (tertiary/aromatic N) is 1. The van der Waals surface area contributed by atoms with Gasteiger partial charge < -0.3 is 10.2 Å². The Morgan fingerprint density at radius 1 is 1.11 bits per heavy atom. The van der Waals surface area contributed by atoms with Gasteiger partial charge in [0.2, 0.25) is 0 Å². The van der Waals surface area contributed by atoms with E-state index >= 15 is 0 Å². The number of carbonyl (C=O) groups is 1. The summed E-state index contributed by atoms with van der Waals surface area (Å²) >= 11 is 0. The second kappa shape index (κ2) is 5.85. The molecule has 2 rings (SSSR count). The number of likely N-dealkylation sites (N-methyl/N-ethyl adjacent to an activating group) is 1. The highest BCUT2D eigenvalue weighted by molar-refractivity contribution is 6.07. The normalized spacial score (nSPS) is 10.9. The van der Waals surface area contributed by atoms with E-state index in [0.29, 0.717) is 6.54 Å². The summed E-state index contributed by atoms with van der Waals surface area (Å²) in [5.41, 5.74) is 1.94. The molecule has 0 spiro atoms. The van der Waals surface area contributed by atoms with Gasteiger partial charge in [-0.25, -0.2) is 0 Å². The lowest BCUT2D eigenvalue weighted by Crippen LogP contribution is -2.31. The molecule has 1 amide bonds. The van der Waals surface area contributed by atoms with E-state index in [-0.39, 0.29) is 5.91 Å². The first kappa shape index (κ1) is 13.6. The van der Waals surface area contributed by atoms with Crippen LogP contribution in [0.25, 0.3) is 10.8 Å². The molecule has 0 heterocycles. The van der Waals surface area contributed by atoms with Crippen molar-refractivity contribution in [1.82, 2.24) is 10.2 Å². The quantitative estimate of drug-likeness (QED) is 0.911. The van der Waals surface area contributed by atoms with E-state index in [4.69, 9.17) is 0 Å². The Hall–Kier alpha value is -1.87. The van der Waals surface area contributed by atoms with Crippen LogP contribution in [0.15, 0.2) is 36.4 Å². The Bertz CT molecular complexity index is 590. The van der Waals surface area contributed by atoms with Crippen LogP contribution in [0.4, 0.5) is 0 Å². The average Bonchev–Trinajstić information content (AvgIpc) is 2.39. The summed E-state index contributed by atoms with van der Waals surface area (Å²) in [6, 6.07) is 11.9. The smallest absolute Gasteiger partial charge is 0.251 e. The van der Waals surface area contributed by atoms with Gasteiger partial charge in [0.25, 0.3) is 5.91 Å². The fourth-order valence-electron chi connectivity index (χ4n) is 2.14. The minimum atomic E-state index is -0.00181. The van der Waals surface area contributed by atoms with Crippen LogP contribution in [0.3, 0.4) is 0 Å². The zero-order valence-corrected chi connectivity index (χ0v) is 11.7. The average molecular weight is 256 g/mol. The summed E-state index contributed by atoms with van der Waals surface area (Å²) in [6.45, 7) is 3.57. The van der Waals surface area contributed by atoms with E-state index < -0.39 is 0 Å². The van der Waals surface area contributed by atoms with Crippen molar-refractivity contribution in [1.29, 1.82) is 0 Å². The van der Waals surface area contributed by atoms with Gasteiger partial charge in [-0.2, -0.15) is 0 Å². The monoisotopic (exact) mass is 256 g/mol. The van der Waals surface area contributed by atoms with Gasteiger partial charge in [0.1, 0.15) is 0 Å². The maximum atomic E-state index is 12.2. The van der Waals surface area contributed by atoms with Crippen LogP contribution in [0.1, 0.15) is 15.9 Å². The minimum Gasteiger partial charge on any atom is -0.351 e. The van der Waals surface area contributed by atoms with Crippen molar-refractivity contribution in [2.45, 2.75) is 6.92 Å². The summed E-state index contributed by atoms with van der Waals surface area (Å²) in [5, 5.41) is 5.12. The highest BCUT2D eigenvalue weighted by atomic mass is 16.1. The van der Waals surface area contributed by atoms with Crippen molar-refractivity contribution >= 4 is 16.7 Å². The molecule has 19 heavy (non-hydrogen) atoms. The van der Waals surface area contributed by atoms with Crippen LogP contribution >= 0.6 is 0 Å². The van der Waals surface area contributed by atoms with Gasteiger partial charge in [-0.15, -0.1) is 0 Å². The molecule has 100 valence electrons. The summed E-state index contributed by atoms with van der Waals surface area (Å²) in [4.78, 5) is 14.3. The number of nitrogens with one attached hydrogen (secondary N) is 1. The molecule has 0 unspecified atom stereocenters. The van der Waals surface area contributed by atoms with Crippen molar-refractivity contribution in [2.75, 3.05) is 27.2 Å². The Morgan fingerprint density at radius 3 is 2.47 bits per heavy atom. The van der Waals surface area contributed by atoms with Gasteiger partial charge in [0, 0.05) is 18.7 Å². The molecule has 3 heteroatoms. The van der Waals surface area contributed by atoms with E-state index in [1.807, 2.05) is 49.3 Å². The van der Waals surface area contributed by atoms with Crippen molar-refractivity contribution in [3.63, 3.8) is 0 Å². The van der Waals surface area contributed by atoms with Gasteiger partial charge in [-0.3, -0.25) is 4.79 Å². The molecule has 0 aliphatic rings. The molecule has 0 aromatic heterocycles. The van der Waals surface area contributed by atoms with Crippen molar-refractivity contribution in [2.24, 2.45) is 0 Å². The lowest BCUT2D eigenvalue weighted by Gasteiger charge is -2.12. The maximum absolute atomic E-state index is 12.2. The second-order valence-electron chi connectivity index (χ2n) is 5.03. The third-order valence-electron chi connectivity index (χ3n) is 3.23. The molecule has 0 atom stereocenters. The number of hydrogen-bond acceptors (Lipinski definition) is 2. The number of carbonyl (C=O) groups excluding carboxylic acids is 1. The van der Waals surface area contributed by atoms with Crippen molar-refractivity contribution in [3.8, 4) is 0 Å². The number of hydrogen-bond donors (Lipinski definition) is 1. The van der Waals surface area contributed by atoms with Crippen LogP contribution in [-0.2, 0) is 0 Å². The van der Waals surface area contributed by atoms with Crippen LogP contribution in [-0.4, -0.2) is 38.0 Å². The number of aryl methyl sites for hydroxylation is 1. The number of rotatable bonds is 4. The first-order chi connectivity index (χ1) is 9.09. The standard InChI is InChI=1S/C16H20N2O/c1-12-8-9-15(14-7-5-4-6-13(12)14)16(19)17-10-11-18(2)3/h4-9H,10-11H2,1-3H3,(H,17,19). The predicted octanol–water partition coefficient (Wildman–Crippen LogP) is 2.44. The topological polar surface area (TPSA) is 32.3 Å². The molecule has 0 saturated carbocycles. The molecule has 0 radical (unpaired) electrons. The predicted molar refractivity (Wildman–Crippen MR) is 79.6 cm³/mol. The Labute approximate surface area is 114 Å². The van der Waals surface area contributed by atoms with E-state index in [0.717, 1.165) is 22.9 Å². The Balaban J connectivity index is 2.25. The molecular weight excluding hydrogens is 236 g/mol. The summed E-state index contributed by atoms with van der Waals surface area (Å²) in [5.74, 6) is -0.00181. The van der Waals surface area contributed by atoms with Crippen LogP contribution < -0.4 is 5.32 Å². The Morgan fingerprint density at radius 2 is 1.79 bits per heavy atom. The lowest BCUT2D eigenvalue weighted by molar-refractivity contribution is 0.0952. The van der Waals surface area contributed by atoms with Crippen LogP contribution in [0.2, 0.25) is 0 Å². The largest absolute Gasteiger partial charge is 0.351 e. The fourth-order valence-corrected chi connectivity index (χ4v) is 2.14. The highest BCUT2D eigenvalue weighted by Gasteiger charge is 2.10. The molecular formula is C16H20N2O. The third kappa shape index (κ3) is 3.12. The molecule has 3 nitrogen and oxygen atoms in total. The van der Waals surface area contributed by atoms with Crippen molar-refractivity contribution in [3.05, 3.63) is 47.5 Å². The SMILES string of the molecule is Cc1ccc(C(=O)NCCN(C)C)c2ccccc12. The number of benzene rings is 2. The van der Waals surface area contributed by atoms with E-state index in [2.05, 4.69) is 18.3 Å². The Kier molecular flexibility index (Phi) is 4.17. The zero-order valence-electron chi connectivity index (χ0n) is 11.7. The third-order valence-corrected chi connectivity index (χ3v) is 3.23. The molecule has 0 aliphatic carbocycles. The molecule has 0 saturated heterocycles. The number of amides is 1. The first-order valence-corrected chi connectivity index (χ1v) is 6.51. The summed E-state index contributed by atoms with van der Waals surface area (Å²) in [7, 11) is 3.99. The van der Waals surface area contributed by atoms with E-state index in [1.165, 1.54) is 5.56 Å². The second-order valence-corrected chi connectivity index (χ2v) is 5.03. The van der Waals surface area contributed by atoms with Gasteiger partial charge in [0.05, 0.1) is 0 Å². The van der Waals surface area contributed by atoms with Gasteiger partial charge >= 0.3 is 0 Å². The summed E-state index contributed by atoms with van der Waals surface area (Å²) < 4.78 is 0. The van der Waals surface area contributed by atoms with E-state index in [1.54, 1.807) is 0 Å². The van der Waals surface area contributed by atoms with Crippen LogP contribution in [0.5, 0.6) is 0 Å². The first-order valence-electron chi connectivity index (χ1n) is 6.51. The van der Waals surface area contributed by atoms with Gasteiger partial charge in [-0.1, -0.05) is 30.3 Å². The van der Waals surface area contributed by atoms with Crippen molar-refractivity contribution < 1.29 is 4.79 Å². The lowest BCUT2D eigenvalue weighted by atomic mass is 10.00. The fraction of sp³-hybridized carbons (Fsp3) is 0.312. The highest BCUT2D eigenvalue weighted by Crippen LogP contribution is 2.22. The van der Waals surface area contributed by atoms with Gasteiger partial charge in [-0.05, 0) is 43.4 Å². The molecule has 0 bridgehead atoms. The molecule has 2 aromatic rings. The molecule has 0 aliphatic heterocycles.